The number of rotatable bonds is 6. The summed E-state index contributed by atoms with van der Waals surface area (Å²) in [6.45, 7) is 4.71. The lowest BCUT2D eigenvalue weighted by Gasteiger charge is -1.99. The Bertz CT molecular complexity index is 588. The molecule has 20 heavy (non-hydrogen) atoms. The molecule has 2 aromatic rings. The summed E-state index contributed by atoms with van der Waals surface area (Å²) in [5.74, 6) is 2.08. The summed E-state index contributed by atoms with van der Waals surface area (Å²) in [7, 11) is 1.35. The zero-order valence-corrected chi connectivity index (χ0v) is 11.7. The number of carbonyl (C=O) groups is 1. The van der Waals surface area contributed by atoms with Crippen LogP contribution in [0.4, 0.5) is 0 Å². The van der Waals surface area contributed by atoms with Gasteiger partial charge in [0.1, 0.15) is 17.1 Å². The predicted octanol–water partition coefficient (Wildman–Crippen LogP) is 1.40. The van der Waals surface area contributed by atoms with Gasteiger partial charge in [-0.25, -0.2) is 4.79 Å². The van der Waals surface area contributed by atoms with Crippen LogP contribution in [0, 0.1) is 13.8 Å². The van der Waals surface area contributed by atoms with E-state index in [1.165, 1.54) is 7.11 Å². The Morgan fingerprint density at radius 1 is 1.45 bits per heavy atom. The van der Waals surface area contributed by atoms with Crippen molar-refractivity contribution in [3.63, 3.8) is 0 Å². The van der Waals surface area contributed by atoms with Gasteiger partial charge in [0.25, 0.3) is 0 Å². The van der Waals surface area contributed by atoms with Crippen molar-refractivity contribution >= 4 is 5.97 Å². The van der Waals surface area contributed by atoms with Gasteiger partial charge in [0.15, 0.2) is 5.82 Å². The number of esters is 1. The second-order valence-electron chi connectivity index (χ2n) is 4.34. The molecule has 0 radical (unpaired) electrons. The zero-order valence-electron chi connectivity index (χ0n) is 11.7. The van der Waals surface area contributed by atoms with E-state index in [1.807, 2.05) is 0 Å². The van der Waals surface area contributed by atoms with Crippen molar-refractivity contribution < 1.29 is 18.5 Å². The normalized spacial score (nSPS) is 10.8. The van der Waals surface area contributed by atoms with Crippen molar-refractivity contribution in [1.29, 1.82) is 0 Å². The van der Waals surface area contributed by atoms with Crippen LogP contribution in [0.2, 0.25) is 0 Å². The molecule has 0 spiro atoms. The minimum Gasteiger partial charge on any atom is -0.465 e. The topological polar surface area (TPSA) is 90.4 Å². The number of aromatic nitrogens is 2. The van der Waals surface area contributed by atoms with E-state index in [9.17, 15) is 4.79 Å². The summed E-state index contributed by atoms with van der Waals surface area (Å²) in [5.41, 5.74) is 0.455. The third-order valence-electron chi connectivity index (χ3n) is 2.76. The fourth-order valence-corrected chi connectivity index (χ4v) is 1.79. The van der Waals surface area contributed by atoms with Crippen molar-refractivity contribution in [2.24, 2.45) is 0 Å². The maximum absolute atomic E-state index is 11.4. The highest BCUT2D eigenvalue weighted by atomic mass is 16.5. The summed E-state index contributed by atoms with van der Waals surface area (Å²) < 4.78 is 15.1. The summed E-state index contributed by atoms with van der Waals surface area (Å²) in [6.07, 6.45) is 0.643. The lowest BCUT2D eigenvalue weighted by molar-refractivity contribution is 0.0599. The van der Waals surface area contributed by atoms with Crippen LogP contribution in [0.1, 0.15) is 33.6 Å². The molecular weight excluding hydrogens is 262 g/mol. The van der Waals surface area contributed by atoms with Crippen molar-refractivity contribution in [2.45, 2.75) is 26.8 Å². The fourth-order valence-electron chi connectivity index (χ4n) is 1.79. The molecule has 0 fully saturated rings. The quantitative estimate of drug-likeness (QED) is 0.631. The van der Waals surface area contributed by atoms with Gasteiger partial charge in [-0.2, -0.15) is 4.98 Å². The molecule has 0 atom stereocenters. The maximum atomic E-state index is 11.4. The number of furan rings is 1. The highest BCUT2D eigenvalue weighted by Gasteiger charge is 2.14. The maximum Gasteiger partial charge on any atom is 0.341 e. The molecule has 7 heteroatoms. The van der Waals surface area contributed by atoms with E-state index in [4.69, 9.17) is 8.94 Å². The van der Waals surface area contributed by atoms with Gasteiger partial charge in [-0.3, -0.25) is 0 Å². The van der Waals surface area contributed by atoms with Crippen LogP contribution in [-0.4, -0.2) is 29.8 Å². The minimum absolute atomic E-state index is 0.390. The van der Waals surface area contributed by atoms with E-state index in [0.717, 1.165) is 0 Å². The Kier molecular flexibility index (Phi) is 4.52. The highest BCUT2D eigenvalue weighted by molar-refractivity contribution is 5.90. The SMILES string of the molecule is COC(=O)c1cc(CNCCc2nc(C)no2)oc1C. The van der Waals surface area contributed by atoms with Crippen LogP contribution in [0.15, 0.2) is 15.0 Å². The minimum atomic E-state index is -0.390. The third kappa shape index (κ3) is 3.45. The van der Waals surface area contributed by atoms with Crippen molar-refractivity contribution in [1.82, 2.24) is 15.5 Å². The number of aryl methyl sites for hydroxylation is 2. The van der Waals surface area contributed by atoms with Crippen molar-refractivity contribution in [3.8, 4) is 0 Å². The summed E-state index contributed by atoms with van der Waals surface area (Å²) in [5, 5.41) is 6.90. The van der Waals surface area contributed by atoms with Gasteiger partial charge in [-0.05, 0) is 19.9 Å². The lowest BCUT2D eigenvalue weighted by Crippen LogP contribution is -2.16. The Morgan fingerprint density at radius 3 is 2.90 bits per heavy atom. The molecule has 2 rings (SSSR count). The molecule has 0 aliphatic heterocycles. The number of methoxy groups -OCH3 is 1. The van der Waals surface area contributed by atoms with E-state index in [1.54, 1.807) is 19.9 Å². The number of hydrogen-bond acceptors (Lipinski definition) is 7. The Balaban J connectivity index is 1.81. The van der Waals surface area contributed by atoms with Gasteiger partial charge in [0.2, 0.25) is 5.89 Å². The van der Waals surface area contributed by atoms with Crippen LogP contribution in [-0.2, 0) is 17.7 Å². The van der Waals surface area contributed by atoms with Gasteiger partial charge >= 0.3 is 5.97 Å². The number of carbonyl (C=O) groups excluding carboxylic acids is 1. The average molecular weight is 279 g/mol. The van der Waals surface area contributed by atoms with E-state index in [2.05, 4.69) is 20.2 Å². The monoisotopic (exact) mass is 279 g/mol. The van der Waals surface area contributed by atoms with Crippen molar-refractivity contribution in [2.75, 3.05) is 13.7 Å². The van der Waals surface area contributed by atoms with Gasteiger partial charge < -0.3 is 19.0 Å². The molecule has 0 saturated carbocycles. The van der Waals surface area contributed by atoms with Gasteiger partial charge in [-0.15, -0.1) is 0 Å². The van der Waals surface area contributed by atoms with Gasteiger partial charge in [0, 0.05) is 13.0 Å². The number of nitrogens with one attached hydrogen (secondary N) is 1. The van der Waals surface area contributed by atoms with E-state index < -0.39 is 0 Å². The molecule has 0 aliphatic carbocycles. The van der Waals surface area contributed by atoms with Gasteiger partial charge in [-0.1, -0.05) is 5.16 Å². The van der Waals surface area contributed by atoms with Crippen LogP contribution >= 0.6 is 0 Å². The Hall–Kier alpha value is -2.15. The molecule has 2 heterocycles. The summed E-state index contributed by atoms with van der Waals surface area (Å²) in [4.78, 5) is 15.5. The molecule has 0 aromatic carbocycles. The standard InChI is InChI=1S/C13H17N3O4/c1-8-11(13(17)18-3)6-10(19-8)7-14-5-4-12-15-9(2)16-20-12/h6,14H,4-5,7H2,1-3H3. The molecule has 0 aliphatic rings. The molecule has 0 saturated heterocycles. The molecule has 0 bridgehead atoms. The molecule has 0 unspecified atom stereocenters. The van der Waals surface area contributed by atoms with Gasteiger partial charge in [0.05, 0.1) is 13.7 Å². The summed E-state index contributed by atoms with van der Waals surface area (Å²) >= 11 is 0. The predicted molar refractivity (Wildman–Crippen MR) is 69.2 cm³/mol. The first-order valence-corrected chi connectivity index (χ1v) is 6.27. The molecule has 0 amide bonds. The van der Waals surface area contributed by atoms with Crippen molar-refractivity contribution in [3.05, 3.63) is 34.9 Å². The van der Waals surface area contributed by atoms with Crippen LogP contribution in [0.3, 0.4) is 0 Å². The zero-order chi connectivity index (χ0) is 14.5. The lowest BCUT2D eigenvalue weighted by atomic mass is 10.2. The average Bonchev–Trinajstić information content (AvgIpc) is 3.00. The van der Waals surface area contributed by atoms with Crippen LogP contribution in [0.25, 0.3) is 0 Å². The molecule has 7 nitrogen and oxygen atoms in total. The first kappa shape index (κ1) is 14.3. The second-order valence-corrected chi connectivity index (χ2v) is 4.34. The second kappa shape index (κ2) is 6.33. The first-order valence-electron chi connectivity index (χ1n) is 6.27. The highest BCUT2D eigenvalue weighted by Crippen LogP contribution is 2.15. The smallest absolute Gasteiger partial charge is 0.341 e. The molecule has 108 valence electrons. The van der Waals surface area contributed by atoms with E-state index >= 15 is 0 Å². The summed E-state index contributed by atoms with van der Waals surface area (Å²) in [6, 6.07) is 1.69. The largest absolute Gasteiger partial charge is 0.465 e. The van der Waals surface area contributed by atoms with Crippen LogP contribution < -0.4 is 5.32 Å². The molecular formula is C13H17N3O4. The Morgan fingerprint density at radius 2 is 2.25 bits per heavy atom. The van der Waals surface area contributed by atoms with E-state index in [-0.39, 0.29) is 5.97 Å². The molecule has 2 aromatic heterocycles. The number of ether oxygens (including phenoxy) is 1. The fraction of sp³-hybridized carbons (Fsp3) is 0.462. The Labute approximate surface area is 116 Å². The molecule has 1 N–H and O–H groups in total. The number of hydrogen-bond donors (Lipinski definition) is 1. The number of nitrogens with zero attached hydrogens (tertiary/aromatic N) is 2. The third-order valence-corrected chi connectivity index (χ3v) is 2.76. The first-order chi connectivity index (χ1) is 9.60. The van der Waals surface area contributed by atoms with E-state index in [0.29, 0.717) is 48.3 Å². The van der Waals surface area contributed by atoms with Crippen LogP contribution in [0.5, 0.6) is 0 Å².